The Hall–Kier alpha value is -3.39. The summed E-state index contributed by atoms with van der Waals surface area (Å²) in [6.07, 6.45) is 0.791. The number of amides is 1. The highest BCUT2D eigenvalue weighted by molar-refractivity contribution is 6.30. The third kappa shape index (κ3) is 4.18. The minimum Gasteiger partial charge on any atom is -0.350 e. The summed E-state index contributed by atoms with van der Waals surface area (Å²) in [5.41, 5.74) is 0.935. The monoisotopic (exact) mass is 467 g/mol. The van der Waals surface area contributed by atoms with Crippen molar-refractivity contribution in [2.75, 3.05) is 0 Å². The zero-order valence-corrected chi connectivity index (χ0v) is 19.8. The lowest BCUT2D eigenvalue weighted by Gasteiger charge is -2.14. The first-order valence-electron chi connectivity index (χ1n) is 10.9. The molecule has 0 saturated carbocycles. The molecule has 2 heterocycles. The summed E-state index contributed by atoms with van der Waals surface area (Å²) in [6, 6.07) is 11.7. The zero-order valence-electron chi connectivity index (χ0n) is 19.0. The van der Waals surface area contributed by atoms with Crippen LogP contribution in [-0.4, -0.2) is 30.7 Å². The fourth-order valence-corrected chi connectivity index (χ4v) is 3.89. The highest BCUT2D eigenvalue weighted by Crippen LogP contribution is 2.17. The number of halogens is 1. The molecule has 0 saturated heterocycles. The van der Waals surface area contributed by atoms with E-state index in [1.165, 1.54) is 13.6 Å². The highest BCUT2D eigenvalue weighted by Gasteiger charge is 2.20. The molecule has 0 radical (unpaired) electrons. The first-order valence-corrected chi connectivity index (χ1v) is 11.3. The average Bonchev–Trinajstić information content (AvgIpc) is 3.10. The van der Waals surface area contributed by atoms with Crippen LogP contribution in [0.15, 0.2) is 52.1 Å². The maximum atomic E-state index is 13.4. The largest absolute Gasteiger partial charge is 0.352 e. The Morgan fingerprint density at radius 2 is 1.79 bits per heavy atom. The third-order valence-electron chi connectivity index (χ3n) is 5.74. The van der Waals surface area contributed by atoms with Crippen LogP contribution in [0.3, 0.4) is 0 Å². The van der Waals surface area contributed by atoms with Gasteiger partial charge in [0, 0.05) is 22.7 Å². The average molecular weight is 468 g/mol. The molecule has 1 unspecified atom stereocenters. The number of carbonyl (C=O) groups is 1. The lowest BCUT2D eigenvalue weighted by atomic mass is 10.1. The summed E-state index contributed by atoms with van der Waals surface area (Å²) in [5, 5.41) is 8.37. The van der Waals surface area contributed by atoms with Crippen molar-refractivity contribution in [1.82, 2.24) is 24.1 Å². The van der Waals surface area contributed by atoms with Gasteiger partial charge in [0.1, 0.15) is 0 Å². The van der Waals surface area contributed by atoms with E-state index in [1.807, 2.05) is 39.8 Å². The molecule has 0 spiro atoms. The van der Waals surface area contributed by atoms with Crippen LogP contribution in [0.25, 0.3) is 16.7 Å². The number of hydrogen-bond donors (Lipinski definition) is 1. The van der Waals surface area contributed by atoms with Crippen LogP contribution in [0.4, 0.5) is 0 Å². The van der Waals surface area contributed by atoms with Crippen LogP contribution >= 0.6 is 11.6 Å². The summed E-state index contributed by atoms with van der Waals surface area (Å²) in [5.74, 6) is -0.0185. The number of rotatable bonds is 6. The van der Waals surface area contributed by atoms with Gasteiger partial charge in [0.2, 0.25) is 5.78 Å². The topological polar surface area (TPSA) is 90.4 Å². The maximum Gasteiger partial charge on any atom is 0.352 e. The Morgan fingerprint density at radius 3 is 2.42 bits per heavy atom. The summed E-state index contributed by atoms with van der Waals surface area (Å²) < 4.78 is 4.23. The molecule has 9 heteroatoms. The van der Waals surface area contributed by atoms with E-state index in [9.17, 15) is 14.4 Å². The van der Waals surface area contributed by atoms with Gasteiger partial charge in [-0.2, -0.15) is 0 Å². The molecule has 4 rings (SSSR count). The molecule has 1 N–H and O–H groups in total. The van der Waals surface area contributed by atoms with E-state index in [1.54, 1.807) is 30.3 Å². The minimum atomic E-state index is -0.390. The van der Waals surface area contributed by atoms with Gasteiger partial charge < -0.3 is 5.32 Å². The van der Waals surface area contributed by atoms with Crippen LogP contribution in [0.2, 0.25) is 5.02 Å². The highest BCUT2D eigenvalue weighted by atomic mass is 35.5. The van der Waals surface area contributed by atoms with Gasteiger partial charge in [-0.25, -0.2) is 13.9 Å². The van der Waals surface area contributed by atoms with Crippen molar-refractivity contribution in [3.05, 3.63) is 79.5 Å². The van der Waals surface area contributed by atoms with Crippen molar-refractivity contribution in [3.63, 3.8) is 0 Å². The Balaban J connectivity index is 1.95. The third-order valence-corrected chi connectivity index (χ3v) is 5.99. The predicted octanol–water partition coefficient (Wildman–Crippen LogP) is 3.62. The predicted molar refractivity (Wildman–Crippen MR) is 129 cm³/mol. The Morgan fingerprint density at radius 1 is 1.09 bits per heavy atom. The molecule has 33 heavy (non-hydrogen) atoms. The molecule has 4 aromatic rings. The molecule has 1 atom stereocenters. The molecule has 0 bridgehead atoms. The molecule has 8 nitrogen and oxygen atoms in total. The second kappa shape index (κ2) is 8.86. The van der Waals surface area contributed by atoms with Crippen molar-refractivity contribution in [1.29, 1.82) is 0 Å². The Labute approximate surface area is 195 Å². The second-order valence-corrected chi connectivity index (χ2v) is 8.92. The van der Waals surface area contributed by atoms with Crippen molar-refractivity contribution in [3.8, 4) is 0 Å². The van der Waals surface area contributed by atoms with Gasteiger partial charge in [-0.05, 0) is 63.1 Å². The van der Waals surface area contributed by atoms with Gasteiger partial charge in [0.15, 0.2) is 0 Å². The first-order chi connectivity index (χ1) is 15.7. The zero-order chi connectivity index (χ0) is 23.9. The van der Waals surface area contributed by atoms with E-state index in [2.05, 4.69) is 10.4 Å². The lowest BCUT2D eigenvalue weighted by molar-refractivity contribution is 0.0939. The van der Waals surface area contributed by atoms with Crippen LogP contribution in [-0.2, 0) is 6.54 Å². The molecule has 0 fully saturated rings. The Bertz CT molecular complexity index is 1460. The van der Waals surface area contributed by atoms with Crippen LogP contribution in [0, 0.1) is 0 Å². The lowest BCUT2D eigenvalue weighted by Crippen LogP contribution is -2.32. The number of fused-ring (bicyclic) bond motifs is 3. The standard InChI is InChI=1S/C24H26ClN5O3/c1-5-15(4)26-21(31)17-8-11-19-20(12-17)30-23(29(14(2)3)22(19)32)27-28(24(30)33)13-16-6-9-18(25)10-7-16/h6-12,14-15H,5,13H2,1-4H3,(H,26,31). The first kappa shape index (κ1) is 22.8. The quantitative estimate of drug-likeness (QED) is 0.469. The fourth-order valence-electron chi connectivity index (χ4n) is 3.76. The van der Waals surface area contributed by atoms with Gasteiger partial charge in [0.05, 0.1) is 17.4 Å². The SMILES string of the molecule is CCC(C)NC(=O)c1ccc2c(=O)n(C(C)C)c3nn(Cc4ccc(Cl)cc4)c(=O)n3c2c1. The van der Waals surface area contributed by atoms with Gasteiger partial charge in [-0.3, -0.25) is 14.2 Å². The van der Waals surface area contributed by atoms with E-state index < -0.39 is 0 Å². The number of benzene rings is 2. The summed E-state index contributed by atoms with van der Waals surface area (Å²) in [6.45, 7) is 7.86. The van der Waals surface area contributed by atoms with Crippen molar-refractivity contribution in [2.45, 2.75) is 52.7 Å². The van der Waals surface area contributed by atoms with Gasteiger partial charge in [0.25, 0.3) is 11.5 Å². The molecule has 0 aliphatic heterocycles. The molecule has 172 valence electrons. The fraction of sp³-hybridized carbons (Fsp3) is 0.333. The number of aromatic nitrogens is 4. The summed E-state index contributed by atoms with van der Waals surface area (Å²) in [7, 11) is 0. The van der Waals surface area contributed by atoms with Crippen molar-refractivity contribution < 1.29 is 4.79 Å². The normalized spacial score (nSPS) is 12.5. The molecule has 2 aromatic heterocycles. The molecule has 1 amide bonds. The Kier molecular flexibility index (Phi) is 6.12. The van der Waals surface area contributed by atoms with Crippen molar-refractivity contribution in [2.24, 2.45) is 0 Å². The number of carbonyl (C=O) groups excluding carboxylic acids is 1. The maximum absolute atomic E-state index is 13.4. The second-order valence-electron chi connectivity index (χ2n) is 8.49. The minimum absolute atomic E-state index is 0.00649. The van der Waals surface area contributed by atoms with E-state index >= 15 is 0 Å². The van der Waals surface area contributed by atoms with Gasteiger partial charge in [-0.15, -0.1) is 5.10 Å². The van der Waals surface area contributed by atoms with Crippen LogP contribution < -0.4 is 16.6 Å². The smallest absolute Gasteiger partial charge is 0.350 e. The molecule has 0 aliphatic rings. The van der Waals surface area contributed by atoms with Crippen LogP contribution in [0.1, 0.15) is 56.1 Å². The van der Waals surface area contributed by atoms with Crippen LogP contribution in [0.5, 0.6) is 0 Å². The van der Waals surface area contributed by atoms with Crippen molar-refractivity contribution >= 4 is 34.2 Å². The summed E-state index contributed by atoms with van der Waals surface area (Å²) >= 11 is 5.97. The molecular weight excluding hydrogens is 442 g/mol. The number of nitrogens with zero attached hydrogens (tertiary/aromatic N) is 4. The number of hydrogen-bond acceptors (Lipinski definition) is 4. The van der Waals surface area contributed by atoms with E-state index in [-0.39, 0.29) is 41.6 Å². The van der Waals surface area contributed by atoms with E-state index in [0.717, 1.165) is 12.0 Å². The molecule has 0 aliphatic carbocycles. The van der Waals surface area contributed by atoms with Gasteiger partial charge in [-0.1, -0.05) is 30.7 Å². The van der Waals surface area contributed by atoms with E-state index in [0.29, 0.717) is 21.5 Å². The van der Waals surface area contributed by atoms with E-state index in [4.69, 9.17) is 11.6 Å². The van der Waals surface area contributed by atoms with Gasteiger partial charge >= 0.3 is 5.69 Å². The number of nitrogens with one attached hydrogen (secondary N) is 1. The summed E-state index contributed by atoms with van der Waals surface area (Å²) in [4.78, 5) is 39.4. The molecule has 2 aromatic carbocycles. The molecular formula is C24H26ClN5O3.